The average molecular weight is 309 g/mol. The molecule has 22 heavy (non-hydrogen) atoms. The Hall–Kier alpha value is -1.46. The largest absolute Gasteiger partial charge is 0.379 e. The van der Waals surface area contributed by atoms with E-state index in [-0.39, 0.29) is 24.2 Å². The molecule has 0 atom stereocenters. The fraction of sp³-hybridized carbons (Fsp3) is 0.588. The summed E-state index contributed by atoms with van der Waals surface area (Å²) in [6.07, 6.45) is 2.16. The van der Waals surface area contributed by atoms with Crippen LogP contribution in [0.15, 0.2) is 24.3 Å². The Bertz CT molecular complexity index is 473. The van der Waals surface area contributed by atoms with Gasteiger partial charge in [-0.25, -0.2) is 4.39 Å². The average Bonchev–Trinajstić information content (AvgIpc) is 2.52. The van der Waals surface area contributed by atoms with Crippen molar-refractivity contribution >= 4 is 5.91 Å². The van der Waals surface area contributed by atoms with Crippen LogP contribution in [0.4, 0.5) is 4.39 Å². The number of likely N-dealkylation sites (tertiary alicyclic amines) is 1. The number of amides is 1. The normalized spacial score (nSPS) is 16.0. The third-order valence-electron chi connectivity index (χ3n) is 3.82. The Morgan fingerprint density at radius 3 is 2.77 bits per heavy atom. The molecule has 0 radical (unpaired) electrons. The van der Waals surface area contributed by atoms with Crippen LogP contribution in [-0.4, -0.2) is 49.8 Å². The lowest BCUT2D eigenvalue weighted by Crippen LogP contribution is -2.41. The molecule has 0 spiro atoms. The first-order chi connectivity index (χ1) is 10.7. The molecule has 1 heterocycles. The first-order valence-corrected chi connectivity index (χ1v) is 7.90. The molecule has 1 aliphatic rings. The Kier molecular flexibility index (Phi) is 6.80. The van der Waals surface area contributed by atoms with Crippen molar-refractivity contribution in [1.82, 2.24) is 4.90 Å². The summed E-state index contributed by atoms with van der Waals surface area (Å²) in [5, 5.41) is 0. The number of piperidine rings is 1. The standard InChI is InChI=1S/C17H24FNO3/c1-2-21-10-11-22-16-6-8-19(9-7-16)17(20)13-14-4-3-5-15(18)12-14/h3-5,12,16H,2,6-11,13H2,1H3. The highest BCUT2D eigenvalue weighted by Crippen LogP contribution is 2.15. The van der Waals surface area contributed by atoms with Crippen LogP contribution in [0, 0.1) is 5.82 Å². The maximum absolute atomic E-state index is 13.1. The molecule has 1 fully saturated rings. The molecule has 0 unspecified atom stereocenters. The molecular weight excluding hydrogens is 285 g/mol. The third kappa shape index (κ3) is 5.39. The van der Waals surface area contributed by atoms with Gasteiger partial charge < -0.3 is 14.4 Å². The second kappa shape index (κ2) is 8.86. The van der Waals surface area contributed by atoms with Crippen molar-refractivity contribution in [2.45, 2.75) is 32.3 Å². The van der Waals surface area contributed by atoms with Crippen LogP contribution in [0.2, 0.25) is 0 Å². The van der Waals surface area contributed by atoms with Gasteiger partial charge in [0.05, 0.1) is 25.7 Å². The molecule has 1 aliphatic heterocycles. The van der Waals surface area contributed by atoms with Crippen molar-refractivity contribution in [1.29, 1.82) is 0 Å². The number of ether oxygens (including phenoxy) is 2. The van der Waals surface area contributed by atoms with Crippen molar-refractivity contribution in [3.05, 3.63) is 35.6 Å². The smallest absolute Gasteiger partial charge is 0.226 e. The summed E-state index contributed by atoms with van der Waals surface area (Å²) < 4.78 is 24.1. The van der Waals surface area contributed by atoms with Crippen molar-refractivity contribution in [2.75, 3.05) is 32.9 Å². The molecule has 0 bridgehead atoms. The quantitative estimate of drug-likeness (QED) is 0.726. The Morgan fingerprint density at radius 2 is 2.09 bits per heavy atom. The van der Waals surface area contributed by atoms with Gasteiger partial charge in [0.15, 0.2) is 0 Å². The highest BCUT2D eigenvalue weighted by Gasteiger charge is 2.23. The predicted molar refractivity (Wildman–Crippen MR) is 82.2 cm³/mol. The number of carbonyl (C=O) groups is 1. The molecular formula is C17H24FNO3. The lowest BCUT2D eigenvalue weighted by Gasteiger charge is -2.32. The van der Waals surface area contributed by atoms with E-state index in [1.54, 1.807) is 12.1 Å². The molecule has 0 aromatic heterocycles. The van der Waals surface area contributed by atoms with Crippen molar-refractivity contribution in [3.8, 4) is 0 Å². The molecule has 1 saturated heterocycles. The van der Waals surface area contributed by atoms with Gasteiger partial charge in [0, 0.05) is 19.7 Å². The second-order valence-electron chi connectivity index (χ2n) is 5.45. The van der Waals surface area contributed by atoms with Crippen LogP contribution < -0.4 is 0 Å². The van der Waals surface area contributed by atoms with Crippen molar-refractivity contribution < 1.29 is 18.7 Å². The summed E-state index contributed by atoms with van der Waals surface area (Å²) in [7, 11) is 0. The summed E-state index contributed by atoms with van der Waals surface area (Å²) in [5.74, 6) is -0.245. The van der Waals surface area contributed by atoms with Gasteiger partial charge in [0.2, 0.25) is 5.91 Å². The number of hydrogen-bond acceptors (Lipinski definition) is 3. The third-order valence-corrected chi connectivity index (χ3v) is 3.82. The zero-order valence-electron chi connectivity index (χ0n) is 13.1. The van der Waals surface area contributed by atoms with Gasteiger partial charge in [-0.1, -0.05) is 12.1 Å². The minimum atomic E-state index is -0.299. The van der Waals surface area contributed by atoms with Crippen LogP contribution in [0.1, 0.15) is 25.3 Å². The van der Waals surface area contributed by atoms with E-state index in [1.807, 2.05) is 11.8 Å². The summed E-state index contributed by atoms with van der Waals surface area (Å²) in [5.41, 5.74) is 0.722. The highest BCUT2D eigenvalue weighted by molar-refractivity contribution is 5.78. The summed E-state index contributed by atoms with van der Waals surface area (Å²) in [4.78, 5) is 14.1. The van der Waals surface area contributed by atoms with E-state index in [0.717, 1.165) is 18.4 Å². The topological polar surface area (TPSA) is 38.8 Å². The van der Waals surface area contributed by atoms with Crippen molar-refractivity contribution in [2.24, 2.45) is 0 Å². The lowest BCUT2D eigenvalue weighted by atomic mass is 10.1. The zero-order valence-corrected chi connectivity index (χ0v) is 13.1. The van der Waals surface area contributed by atoms with Gasteiger partial charge in [0.1, 0.15) is 5.82 Å². The summed E-state index contributed by atoms with van der Waals surface area (Å²) >= 11 is 0. The van der Waals surface area contributed by atoms with E-state index in [0.29, 0.717) is 32.9 Å². The minimum absolute atomic E-state index is 0.0540. The number of halogens is 1. The number of benzene rings is 1. The molecule has 4 nitrogen and oxygen atoms in total. The van der Waals surface area contributed by atoms with E-state index >= 15 is 0 Å². The molecule has 0 aliphatic carbocycles. The summed E-state index contributed by atoms with van der Waals surface area (Å²) in [6.45, 7) is 5.30. The van der Waals surface area contributed by atoms with E-state index in [9.17, 15) is 9.18 Å². The maximum Gasteiger partial charge on any atom is 0.226 e. The van der Waals surface area contributed by atoms with E-state index < -0.39 is 0 Å². The molecule has 5 heteroatoms. The number of carbonyl (C=O) groups excluding carboxylic acids is 1. The predicted octanol–water partition coefficient (Wildman–Crippen LogP) is 2.41. The van der Waals surface area contributed by atoms with E-state index in [2.05, 4.69) is 0 Å². The van der Waals surface area contributed by atoms with Gasteiger partial charge in [-0.2, -0.15) is 0 Å². The molecule has 1 amide bonds. The number of hydrogen-bond donors (Lipinski definition) is 0. The van der Waals surface area contributed by atoms with Crippen LogP contribution in [0.25, 0.3) is 0 Å². The van der Waals surface area contributed by atoms with Crippen LogP contribution in [-0.2, 0) is 20.7 Å². The fourth-order valence-electron chi connectivity index (χ4n) is 2.62. The second-order valence-corrected chi connectivity index (χ2v) is 5.45. The minimum Gasteiger partial charge on any atom is -0.379 e. The maximum atomic E-state index is 13.1. The molecule has 1 aromatic carbocycles. The number of rotatable bonds is 7. The van der Waals surface area contributed by atoms with E-state index in [1.165, 1.54) is 12.1 Å². The van der Waals surface area contributed by atoms with Gasteiger partial charge in [-0.15, -0.1) is 0 Å². The van der Waals surface area contributed by atoms with E-state index in [4.69, 9.17) is 9.47 Å². The Balaban J connectivity index is 1.71. The molecule has 0 saturated carbocycles. The molecule has 2 rings (SSSR count). The van der Waals surface area contributed by atoms with Crippen LogP contribution in [0.3, 0.4) is 0 Å². The summed E-state index contributed by atoms with van der Waals surface area (Å²) in [6, 6.07) is 6.22. The van der Waals surface area contributed by atoms with Gasteiger partial charge in [-0.05, 0) is 37.5 Å². The van der Waals surface area contributed by atoms with Crippen LogP contribution in [0.5, 0.6) is 0 Å². The lowest BCUT2D eigenvalue weighted by molar-refractivity contribution is -0.133. The first kappa shape index (κ1) is 16.9. The fourth-order valence-corrected chi connectivity index (χ4v) is 2.62. The molecule has 0 N–H and O–H groups in total. The van der Waals surface area contributed by atoms with Gasteiger partial charge in [0.25, 0.3) is 0 Å². The van der Waals surface area contributed by atoms with Gasteiger partial charge in [-0.3, -0.25) is 4.79 Å². The van der Waals surface area contributed by atoms with Gasteiger partial charge >= 0.3 is 0 Å². The number of nitrogens with zero attached hydrogens (tertiary/aromatic N) is 1. The first-order valence-electron chi connectivity index (χ1n) is 7.90. The Labute approximate surface area is 131 Å². The molecule has 1 aromatic rings. The van der Waals surface area contributed by atoms with Crippen LogP contribution >= 0.6 is 0 Å². The monoisotopic (exact) mass is 309 g/mol. The zero-order chi connectivity index (χ0) is 15.8. The molecule has 122 valence electrons. The highest BCUT2D eigenvalue weighted by atomic mass is 19.1. The SMILES string of the molecule is CCOCCOC1CCN(C(=O)Cc2cccc(F)c2)CC1. The Morgan fingerprint density at radius 1 is 1.32 bits per heavy atom. The van der Waals surface area contributed by atoms with Crippen molar-refractivity contribution in [3.63, 3.8) is 0 Å².